The average Bonchev–Trinajstić information content (AvgIpc) is 2.83. The van der Waals surface area contributed by atoms with Crippen LogP contribution in [0.4, 0.5) is 0 Å². The molecule has 1 atom stereocenters. The Labute approximate surface area is 108 Å². The largest absolute Gasteiger partial charge is 0.496 e. The maximum absolute atomic E-state index is 5.50. The van der Waals surface area contributed by atoms with Crippen molar-refractivity contribution in [2.75, 3.05) is 41.5 Å². The minimum Gasteiger partial charge on any atom is -0.496 e. The van der Waals surface area contributed by atoms with Crippen LogP contribution in [0.2, 0.25) is 0 Å². The molecular formula is C14H21NO3. The van der Waals surface area contributed by atoms with Gasteiger partial charge in [0.15, 0.2) is 0 Å². The van der Waals surface area contributed by atoms with Crippen molar-refractivity contribution in [3.63, 3.8) is 0 Å². The zero-order chi connectivity index (χ0) is 13.1. The molecule has 0 radical (unpaired) electrons. The van der Waals surface area contributed by atoms with Crippen LogP contribution in [-0.2, 0) is 0 Å². The third-order valence-electron chi connectivity index (χ3n) is 3.55. The molecule has 0 bridgehead atoms. The van der Waals surface area contributed by atoms with Gasteiger partial charge in [-0.05, 0) is 20.0 Å². The second kappa shape index (κ2) is 5.48. The van der Waals surface area contributed by atoms with Gasteiger partial charge in [0.05, 0.1) is 21.3 Å². The first-order chi connectivity index (χ1) is 8.69. The molecule has 1 aromatic carbocycles. The Balaban J connectivity index is 2.43. The lowest BCUT2D eigenvalue weighted by molar-refractivity contribution is 0.360. The van der Waals surface area contributed by atoms with Gasteiger partial charge >= 0.3 is 0 Å². The monoisotopic (exact) mass is 251 g/mol. The summed E-state index contributed by atoms with van der Waals surface area (Å²) in [6, 6.07) is 3.85. The molecule has 1 heterocycles. The number of likely N-dealkylation sites (tertiary alicyclic amines) is 1. The highest BCUT2D eigenvalue weighted by molar-refractivity contribution is 5.53. The molecule has 4 nitrogen and oxygen atoms in total. The van der Waals surface area contributed by atoms with Crippen molar-refractivity contribution in [1.82, 2.24) is 4.90 Å². The summed E-state index contributed by atoms with van der Waals surface area (Å²) in [6.07, 6.45) is 1.13. The number of hydrogen-bond acceptors (Lipinski definition) is 4. The van der Waals surface area contributed by atoms with Gasteiger partial charge in [-0.25, -0.2) is 0 Å². The molecule has 1 aromatic rings. The predicted molar refractivity (Wildman–Crippen MR) is 71.0 cm³/mol. The molecule has 0 saturated carbocycles. The fourth-order valence-corrected chi connectivity index (χ4v) is 2.61. The Morgan fingerprint density at radius 2 is 1.67 bits per heavy atom. The molecule has 100 valence electrons. The van der Waals surface area contributed by atoms with Crippen LogP contribution >= 0.6 is 0 Å². The summed E-state index contributed by atoms with van der Waals surface area (Å²) in [5, 5.41) is 0. The van der Waals surface area contributed by atoms with E-state index in [1.165, 1.54) is 0 Å². The minimum absolute atomic E-state index is 0.464. The van der Waals surface area contributed by atoms with E-state index in [9.17, 15) is 0 Å². The molecule has 0 spiro atoms. The number of likely N-dealkylation sites (N-methyl/N-ethyl adjacent to an activating group) is 1. The number of benzene rings is 1. The number of hydrogen-bond donors (Lipinski definition) is 0. The molecule has 0 N–H and O–H groups in total. The molecule has 2 rings (SSSR count). The van der Waals surface area contributed by atoms with E-state index in [0.29, 0.717) is 5.92 Å². The van der Waals surface area contributed by atoms with Crippen molar-refractivity contribution < 1.29 is 14.2 Å². The summed E-state index contributed by atoms with van der Waals surface area (Å²) in [5.41, 5.74) is 1.16. The number of ether oxygens (including phenoxy) is 3. The summed E-state index contributed by atoms with van der Waals surface area (Å²) < 4.78 is 16.3. The Morgan fingerprint density at radius 3 is 2.06 bits per heavy atom. The Morgan fingerprint density at radius 1 is 1.06 bits per heavy atom. The van der Waals surface area contributed by atoms with E-state index in [1.807, 2.05) is 12.1 Å². The highest BCUT2D eigenvalue weighted by Crippen LogP contribution is 2.42. The SMILES string of the molecule is COc1cc(OC)c(C2CCN(C)C2)c(OC)c1. The van der Waals surface area contributed by atoms with Crippen LogP contribution in [0.1, 0.15) is 17.9 Å². The predicted octanol–water partition coefficient (Wildman–Crippen LogP) is 2.13. The van der Waals surface area contributed by atoms with Crippen LogP contribution in [0.25, 0.3) is 0 Å². The molecular weight excluding hydrogens is 230 g/mol. The first-order valence-electron chi connectivity index (χ1n) is 6.18. The van der Waals surface area contributed by atoms with Crippen molar-refractivity contribution >= 4 is 0 Å². The Kier molecular flexibility index (Phi) is 3.97. The molecule has 1 aliphatic rings. The molecule has 1 fully saturated rings. The minimum atomic E-state index is 0.464. The molecule has 0 aliphatic carbocycles. The molecule has 4 heteroatoms. The number of nitrogens with zero attached hydrogens (tertiary/aromatic N) is 1. The smallest absolute Gasteiger partial charge is 0.129 e. The molecule has 1 unspecified atom stereocenters. The summed E-state index contributed by atoms with van der Waals surface area (Å²) in [6.45, 7) is 2.15. The zero-order valence-corrected chi connectivity index (χ0v) is 11.5. The van der Waals surface area contributed by atoms with Gasteiger partial charge in [0.25, 0.3) is 0 Å². The standard InChI is InChI=1S/C14H21NO3/c1-15-6-5-10(9-15)14-12(17-3)7-11(16-2)8-13(14)18-4/h7-8,10H,5-6,9H2,1-4H3. The van der Waals surface area contributed by atoms with Crippen molar-refractivity contribution in [2.45, 2.75) is 12.3 Å². The lowest BCUT2D eigenvalue weighted by atomic mass is 9.96. The van der Waals surface area contributed by atoms with E-state index in [2.05, 4.69) is 11.9 Å². The summed E-state index contributed by atoms with van der Waals surface area (Å²) in [4.78, 5) is 2.33. The highest BCUT2D eigenvalue weighted by Gasteiger charge is 2.27. The van der Waals surface area contributed by atoms with Gasteiger partial charge in [-0.3, -0.25) is 0 Å². The summed E-state index contributed by atoms with van der Waals surface area (Å²) in [7, 11) is 7.17. The van der Waals surface area contributed by atoms with E-state index in [-0.39, 0.29) is 0 Å². The van der Waals surface area contributed by atoms with E-state index in [1.54, 1.807) is 21.3 Å². The molecule has 1 aliphatic heterocycles. The summed E-state index contributed by atoms with van der Waals surface area (Å²) >= 11 is 0. The Hall–Kier alpha value is -1.42. The van der Waals surface area contributed by atoms with Crippen molar-refractivity contribution in [3.8, 4) is 17.2 Å². The average molecular weight is 251 g/mol. The van der Waals surface area contributed by atoms with Crippen LogP contribution < -0.4 is 14.2 Å². The summed E-state index contributed by atoms with van der Waals surface area (Å²) in [5.74, 6) is 2.93. The van der Waals surface area contributed by atoms with Gasteiger partial charge in [0.2, 0.25) is 0 Å². The molecule has 0 aromatic heterocycles. The maximum atomic E-state index is 5.50. The fraction of sp³-hybridized carbons (Fsp3) is 0.571. The van der Waals surface area contributed by atoms with Crippen LogP contribution in [0.5, 0.6) is 17.2 Å². The first-order valence-corrected chi connectivity index (χ1v) is 6.18. The quantitative estimate of drug-likeness (QED) is 0.820. The van der Waals surface area contributed by atoms with Crippen molar-refractivity contribution in [3.05, 3.63) is 17.7 Å². The van der Waals surface area contributed by atoms with Gasteiger partial charge in [0, 0.05) is 30.2 Å². The van der Waals surface area contributed by atoms with Gasteiger partial charge in [-0.1, -0.05) is 0 Å². The first kappa shape index (κ1) is 13.0. The van der Waals surface area contributed by atoms with Gasteiger partial charge < -0.3 is 19.1 Å². The van der Waals surface area contributed by atoms with Crippen LogP contribution in [0, 0.1) is 0 Å². The topological polar surface area (TPSA) is 30.9 Å². The van der Waals surface area contributed by atoms with Crippen molar-refractivity contribution in [1.29, 1.82) is 0 Å². The second-order valence-electron chi connectivity index (χ2n) is 4.69. The van der Waals surface area contributed by atoms with Gasteiger partial charge in [0.1, 0.15) is 17.2 Å². The van der Waals surface area contributed by atoms with E-state index in [0.717, 1.165) is 42.3 Å². The third kappa shape index (κ3) is 2.38. The number of methoxy groups -OCH3 is 3. The Bertz CT molecular complexity index is 394. The van der Waals surface area contributed by atoms with E-state index in [4.69, 9.17) is 14.2 Å². The maximum Gasteiger partial charge on any atom is 0.129 e. The lowest BCUT2D eigenvalue weighted by Gasteiger charge is -2.19. The lowest BCUT2D eigenvalue weighted by Crippen LogP contribution is -2.14. The molecule has 0 amide bonds. The van der Waals surface area contributed by atoms with Crippen LogP contribution in [-0.4, -0.2) is 46.4 Å². The van der Waals surface area contributed by atoms with Crippen LogP contribution in [0.3, 0.4) is 0 Å². The van der Waals surface area contributed by atoms with Gasteiger partial charge in [-0.2, -0.15) is 0 Å². The van der Waals surface area contributed by atoms with Gasteiger partial charge in [-0.15, -0.1) is 0 Å². The normalized spacial score (nSPS) is 19.9. The third-order valence-corrected chi connectivity index (χ3v) is 3.55. The molecule has 18 heavy (non-hydrogen) atoms. The highest BCUT2D eigenvalue weighted by atomic mass is 16.5. The zero-order valence-electron chi connectivity index (χ0n) is 11.5. The second-order valence-corrected chi connectivity index (χ2v) is 4.69. The van der Waals surface area contributed by atoms with Crippen molar-refractivity contribution in [2.24, 2.45) is 0 Å². The van der Waals surface area contributed by atoms with Crippen LogP contribution in [0.15, 0.2) is 12.1 Å². The molecule has 1 saturated heterocycles. The van der Waals surface area contributed by atoms with E-state index >= 15 is 0 Å². The number of rotatable bonds is 4. The van der Waals surface area contributed by atoms with E-state index < -0.39 is 0 Å². The fourth-order valence-electron chi connectivity index (χ4n) is 2.61.